The molecular weight excluding hydrogens is 334 g/mol. The highest BCUT2D eigenvalue weighted by molar-refractivity contribution is 5.66. The van der Waals surface area contributed by atoms with Crippen LogP contribution >= 0.6 is 0 Å². The van der Waals surface area contributed by atoms with Crippen LogP contribution in [0.2, 0.25) is 0 Å². The van der Waals surface area contributed by atoms with E-state index in [2.05, 4.69) is 62.4 Å². The van der Waals surface area contributed by atoms with Crippen LogP contribution in [0, 0.1) is 5.21 Å². The average Bonchev–Trinajstić information content (AvgIpc) is 2.70. The molecule has 0 saturated heterocycles. The van der Waals surface area contributed by atoms with Crippen molar-refractivity contribution in [1.82, 2.24) is 5.23 Å². The van der Waals surface area contributed by atoms with E-state index in [0.29, 0.717) is 0 Å². The lowest BCUT2D eigenvalue weighted by molar-refractivity contribution is -0.118. The van der Waals surface area contributed by atoms with Gasteiger partial charge in [-0.2, -0.15) is 0 Å². The third-order valence-electron chi connectivity index (χ3n) is 7.02. The zero-order valence-electron chi connectivity index (χ0n) is 15.5. The summed E-state index contributed by atoms with van der Waals surface area (Å²) in [5, 5.41) is 23.2. The SMILES string of the molecule is CC12c3ccccc3C(C)(c3ccccc31)[C@@H](c1ccccc1)[C@@H]2N([O-])O. The van der Waals surface area contributed by atoms with E-state index in [1.165, 1.54) is 11.1 Å². The molecule has 3 aromatic carbocycles. The molecule has 2 bridgehead atoms. The van der Waals surface area contributed by atoms with Crippen LogP contribution in [0.3, 0.4) is 0 Å². The summed E-state index contributed by atoms with van der Waals surface area (Å²) in [5.74, 6) is -0.156. The zero-order valence-corrected chi connectivity index (χ0v) is 15.5. The minimum atomic E-state index is -0.602. The summed E-state index contributed by atoms with van der Waals surface area (Å²) in [4.78, 5) is 0. The fraction of sp³-hybridized carbons (Fsp3) is 0.250. The number of fused-ring (bicyclic) bond motifs is 1. The Morgan fingerprint density at radius 1 is 0.704 bits per heavy atom. The predicted molar refractivity (Wildman–Crippen MR) is 106 cm³/mol. The maximum Gasteiger partial charge on any atom is 0.0432 e. The van der Waals surface area contributed by atoms with Gasteiger partial charge >= 0.3 is 0 Å². The molecule has 0 spiro atoms. The summed E-state index contributed by atoms with van der Waals surface area (Å²) in [7, 11) is 0. The summed E-state index contributed by atoms with van der Waals surface area (Å²) < 4.78 is 0. The normalized spacial score (nSPS) is 30.9. The minimum absolute atomic E-state index is 0.156. The standard InChI is InChI=1S/C24H22NO2/c1-23-17-12-6-8-14-19(17)24(2,20-15-9-7-13-18(20)23)22(25(26)27)21(23)16-10-4-3-5-11-16/h3-15,21-22,26H,1-2H3/q-1/t21-,22-,23?,24?/m0/s1. The number of hydrogen-bond donors (Lipinski definition) is 1. The number of hydrogen-bond acceptors (Lipinski definition) is 3. The topological polar surface area (TPSA) is 46.5 Å². The number of benzene rings is 3. The molecule has 6 rings (SSSR count). The van der Waals surface area contributed by atoms with Crippen molar-refractivity contribution in [3.8, 4) is 0 Å². The molecule has 2 atom stereocenters. The van der Waals surface area contributed by atoms with Crippen molar-refractivity contribution in [1.29, 1.82) is 0 Å². The van der Waals surface area contributed by atoms with Crippen LogP contribution in [0.5, 0.6) is 0 Å². The third-order valence-corrected chi connectivity index (χ3v) is 7.02. The predicted octanol–water partition coefficient (Wildman–Crippen LogP) is 4.97. The number of rotatable bonds is 2. The maximum absolute atomic E-state index is 12.6. The second-order valence-electron chi connectivity index (χ2n) is 8.13. The van der Waals surface area contributed by atoms with Crippen molar-refractivity contribution in [3.63, 3.8) is 0 Å². The van der Waals surface area contributed by atoms with Gasteiger partial charge in [0, 0.05) is 22.8 Å². The molecule has 0 aliphatic heterocycles. The molecule has 0 unspecified atom stereocenters. The zero-order chi connectivity index (χ0) is 18.8. The van der Waals surface area contributed by atoms with Gasteiger partial charge < -0.3 is 10.4 Å². The molecule has 0 heterocycles. The van der Waals surface area contributed by atoms with E-state index in [1.54, 1.807) is 0 Å². The Kier molecular flexibility index (Phi) is 3.41. The molecule has 0 aromatic heterocycles. The van der Waals surface area contributed by atoms with Gasteiger partial charge in [0.05, 0.1) is 0 Å². The van der Waals surface area contributed by atoms with Crippen molar-refractivity contribution in [2.75, 3.05) is 0 Å². The Labute approximate surface area is 159 Å². The molecule has 3 aliphatic carbocycles. The molecule has 3 nitrogen and oxygen atoms in total. The van der Waals surface area contributed by atoms with E-state index in [4.69, 9.17) is 0 Å². The summed E-state index contributed by atoms with van der Waals surface area (Å²) >= 11 is 0. The Bertz CT molecular complexity index is 964. The molecule has 3 aliphatic rings. The van der Waals surface area contributed by atoms with Crippen LogP contribution in [-0.4, -0.2) is 16.5 Å². The summed E-state index contributed by atoms with van der Waals surface area (Å²) in [6.07, 6.45) is 0. The van der Waals surface area contributed by atoms with E-state index in [1.807, 2.05) is 30.3 Å². The van der Waals surface area contributed by atoms with E-state index in [0.717, 1.165) is 16.7 Å². The monoisotopic (exact) mass is 356 g/mol. The molecule has 3 heteroatoms. The van der Waals surface area contributed by atoms with Crippen molar-refractivity contribution in [2.45, 2.75) is 36.6 Å². The van der Waals surface area contributed by atoms with Crippen molar-refractivity contribution < 1.29 is 5.21 Å². The third kappa shape index (κ3) is 1.91. The summed E-state index contributed by atoms with van der Waals surface area (Å²) in [6, 6.07) is 26.3. The van der Waals surface area contributed by atoms with Gasteiger partial charge in [-0.1, -0.05) is 85.8 Å². The minimum Gasteiger partial charge on any atom is -0.762 e. The molecule has 0 fully saturated rings. The Balaban J connectivity index is 1.94. The van der Waals surface area contributed by atoms with Gasteiger partial charge in [-0.15, -0.1) is 0 Å². The first-order valence-electron chi connectivity index (χ1n) is 9.41. The second-order valence-corrected chi connectivity index (χ2v) is 8.13. The van der Waals surface area contributed by atoms with Crippen molar-refractivity contribution >= 4 is 0 Å². The van der Waals surface area contributed by atoms with Crippen LogP contribution in [0.1, 0.15) is 47.6 Å². The summed E-state index contributed by atoms with van der Waals surface area (Å²) in [5.41, 5.74) is 4.85. The molecule has 0 amide bonds. The van der Waals surface area contributed by atoms with Gasteiger partial charge in [0.1, 0.15) is 0 Å². The molecule has 1 N–H and O–H groups in total. The Hall–Kier alpha value is -2.46. The van der Waals surface area contributed by atoms with Crippen molar-refractivity contribution in [3.05, 3.63) is 112 Å². The lowest BCUT2D eigenvalue weighted by atomic mass is 9.43. The lowest BCUT2D eigenvalue weighted by Gasteiger charge is -2.64. The molecule has 0 radical (unpaired) electrons. The molecule has 3 aromatic rings. The van der Waals surface area contributed by atoms with Gasteiger partial charge in [-0.3, -0.25) is 5.23 Å². The Morgan fingerprint density at radius 2 is 1.11 bits per heavy atom. The van der Waals surface area contributed by atoms with Gasteiger partial charge in [0.2, 0.25) is 0 Å². The summed E-state index contributed by atoms with van der Waals surface area (Å²) in [6.45, 7) is 4.32. The van der Waals surface area contributed by atoms with Gasteiger partial charge in [-0.25, -0.2) is 0 Å². The maximum atomic E-state index is 12.6. The lowest BCUT2D eigenvalue weighted by Crippen LogP contribution is -2.63. The number of hydroxylamine groups is 2. The van der Waals surface area contributed by atoms with Crippen LogP contribution < -0.4 is 0 Å². The van der Waals surface area contributed by atoms with Gasteiger partial charge in [-0.05, 0) is 34.7 Å². The van der Waals surface area contributed by atoms with E-state index in [-0.39, 0.29) is 11.1 Å². The molecule has 0 saturated carbocycles. The highest BCUT2D eigenvalue weighted by Gasteiger charge is 2.62. The van der Waals surface area contributed by atoms with E-state index < -0.39 is 16.9 Å². The first-order valence-corrected chi connectivity index (χ1v) is 9.41. The quantitative estimate of drug-likeness (QED) is 0.660. The smallest absolute Gasteiger partial charge is 0.0432 e. The van der Waals surface area contributed by atoms with Crippen molar-refractivity contribution in [2.24, 2.45) is 0 Å². The fourth-order valence-electron chi connectivity index (χ4n) is 5.90. The molecule has 136 valence electrons. The van der Waals surface area contributed by atoms with Crippen LogP contribution in [0.25, 0.3) is 0 Å². The number of nitrogens with zero attached hydrogens (tertiary/aromatic N) is 1. The first-order chi connectivity index (χ1) is 13.0. The van der Waals surface area contributed by atoms with Crippen LogP contribution in [0.15, 0.2) is 78.9 Å². The average molecular weight is 356 g/mol. The molecular formula is C24H22NO2-. The van der Waals surface area contributed by atoms with Gasteiger partial charge in [0.15, 0.2) is 0 Å². The molecule has 27 heavy (non-hydrogen) atoms. The highest BCUT2D eigenvalue weighted by atomic mass is 16.8. The van der Waals surface area contributed by atoms with Crippen LogP contribution in [-0.2, 0) is 10.8 Å². The largest absolute Gasteiger partial charge is 0.762 e. The van der Waals surface area contributed by atoms with Gasteiger partial charge in [0.25, 0.3) is 0 Å². The van der Waals surface area contributed by atoms with E-state index >= 15 is 0 Å². The Morgan fingerprint density at radius 3 is 1.56 bits per heavy atom. The van der Waals surface area contributed by atoms with Crippen LogP contribution in [0.4, 0.5) is 0 Å². The van der Waals surface area contributed by atoms with E-state index in [9.17, 15) is 10.4 Å². The first kappa shape index (κ1) is 16.7. The highest BCUT2D eigenvalue weighted by Crippen LogP contribution is 2.65. The second kappa shape index (κ2) is 5.52. The fourth-order valence-corrected chi connectivity index (χ4v) is 5.90.